The highest BCUT2D eigenvalue weighted by molar-refractivity contribution is 6.31. The van der Waals surface area contributed by atoms with E-state index in [1.54, 1.807) is 18.2 Å². The highest BCUT2D eigenvalue weighted by atomic mass is 35.5. The van der Waals surface area contributed by atoms with Gasteiger partial charge in [0, 0.05) is 5.02 Å². The Labute approximate surface area is 144 Å². The molecule has 4 aliphatic carbocycles. The fraction of sp³-hybridized carbons (Fsp3) is 0.444. The molecule has 0 radical (unpaired) electrons. The number of allylic oxidation sites excluding steroid dienone is 2. The summed E-state index contributed by atoms with van der Waals surface area (Å²) in [7, 11) is 1.51. The van der Waals surface area contributed by atoms with Crippen LogP contribution in [0.1, 0.15) is 6.42 Å². The summed E-state index contributed by atoms with van der Waals surface area (Å²) in [6.07, 6.45) is 5.06. The lowest BCUT2D eigenvalue weighted by Crippen LogP contribution is -2.48. The van der Waals surface area contributed by atoms with Crippen LogP contribution in [0, 0.1) is 35.5 Å². The summed E-state index contributed by atoms with van der Waals surface area (Å²) in [4.78, 5) is 24.7. The summed E-state index contributed by atoms with van der Waals surface area (Å²) in [5.41, 5.74) is 0.469. The van der Waals surface area contributed by atoms with Gasteiger partial charge in [-0.2, -0.15) is 0 Å². The topological polar surface area (TPSA) is 75.6 Å². The molecule has 1 aromatic rings. The molecule has 24 heavy (non-hydrogen) atoms. The number of carbonyl (C=O) groups excluding carboxylic acids is 1. The van der Waals surface area contributed by atoms with Crippen molar-refractivity contribution in [1.29, 1.82) is 0 Å². The predicted octanol–water partition coefficient (Wildman–Crippen LogP) is 3.06. The Kier molecular flexibility index (Phi) is 3.57. The number of hydrogen-bond donors (Lipinski definition) is 2. The fourth-order valence-electron chi connectivity index (χ4n) is 4.56. The number of rotatable bonds is 4. The minimum Gasteiger partial charge on any atom is -0.495 e. The predicted molar refractivity (Wildman–Crippen MR) is 89.0 cm³/mol. The molecule has 2 bridgehead atoms. The van der Waals surface area contributed by atoms with Crippen molar-refractivity contribution >= 4 is 29.2 Å². The summed E-state index contributed by atoms with van der Waals surface area (Å²) in [5, 5.41) is 13.0. The minimum atomic E-state index is -0.891. The van der Waals surface area contributed by atoms with Crippen LogP contribution in [0.4, 0.5) is 5.69 Å². The van der Waals surface area contributed by atoms with Gasteiger partial charge in [-0.05, 0) is 48.3 Å². The molecule has 1 amide bonds. The van der Waals surface area contributed by atoms with Gasteiger partial charge < -0.3 is 15.2 Å². The fourth-order valence-corrected chi connectivity index (χ4v) is 4.74. The second-order valence-corrected chi connectivity index (χ2v) is 7.26. The molecule has 5 rings (SSSR count). The highest BCUT2D eigenvalue weighted by Gasteiger charge is 2.63. The van der Waals surface area contributed by atoms with Gasteiger partial charge in [0.05, 0.1) is 24.6 Å². The summed E-state index contributed by atoms with van der Waals surface area (Å²) >= 11 is 6.00. The lowest BCUT2D eigenvalue weighted by atomic mass is 9.62. The minimum absolute atomic E-state index is 0.00581. The number of amides is 1. The molecule has 2 N–H and O–H groups in total. The molecule has 2 fully saturated rings. The van der Waals surface area contributed by atoms with E-state index in [1.807, 2.05) is 12.2 Å². The van der Waals surface area contributed by atoms with Gasteiger partial charge in [0.1, 0.15) is 5.75 Å². The molecule has 0 unspecified atom stereocenters. The van der Waals surface area contributed by atoms with Gasteiger partial charge in [0.15, 0.2) is 0 Å². The Morgan fingerprint density at radius 1 is 1.21 bits per heavy atom. The monoisotopic (exact) mass is 347 g/mol. The summed E-state index contributed by atoms with van der Waals surface area (Å²) in [6.45, 7) is 0. The maximum absolute atomic E-state index is 12.9. The quantitative estimate of drug-likeness (QED) is 0.821. The van der Waals surface area contributed by atoms with Crippen LogP contribution < -0.4 is 10.1 Å². The molecule has 6 heteroatoms. The Hall–Kier alpha value is -2.01. The van der Waals surface area contributed by atoms with Gasteiger partial charge in [-0.25, -0.2) is 0 Å². The van der Waals surface area contributed by atoms with Crippen molar-refractivity contribution < 1.29 is 19.4 Å². The average molecular weight is 348 g/mol. The summed E-state index contributed by atoms with van der Waals surface area (Å²) in [6, 6.07) is 4.97. The number of hydrogen-bond acceptors (Lipinski definition) is 3. The molecule has 0 spiro atoms. The number of benzene rings is 1. The van der Waals surface area contributed by atoms with Crippen LogP contribution in [0.15, 0.2) is 30.4 Å². The van der Waals surface area contributed by atoms with Crippen LogP contribution >= 0.6 is 11.6 Å². The molecule has 0 aromatic heterocycles. The molecule has 126 valence electrons. The average Bonchev–Trinajstić information content (AvgIpc) is 3.36. The van der Waals surface area contributed by atoms with Crippen LogP contribution in [0.25, 0.3) is 0 Å². The molecular formula is C18H18ClNO4. The molecule has 0 saturated heterocycles. The Morgan fingerprint density at radius 2 is 1.88 bits per heavy atom. The van der Waals surface area contributed by atoms with E-state index in [-0.39, 0.29) is 17.7 Å². The molecule has 6 atom stereocenters. The van der Waals surface area contributed by atoms with E-state index in [1.165, 1.54) is 7.11 Å². The van der Waals surface area contributed by atoms with Crippen LogP contribution in [0.3, 0.4) is 0 Å². The van der Waals surface area contributed by atoms with Gasteiger partial charge in [-0.3, -0.25) is 9.59 Å². The lowest BCUT2D eigenvalue weighted by Gasteiger charge is -2.41. The van der Waals surface area contributed by atoms with Gasteiger partial charge in [0.2, 0.25) is 5.91 Å². The first-order chi connectivity index (χ1) is 11.5. The maximum Gasteiger partial charge on any atom is 0.307 e. The number of aliphatic carboxylic acids is 1. The first-order valence-corrected chi connectivity index (χ1v) is 8.44. The van der Waals surface area contributed by atoms with Crippen molar-refractivity contribution in [2.75, 3.05) is 12.4 Å². The van der Waals surface area contributed by atoms with Crippen molar-refractivity contribution in [1.82, 2.24) is 0 Å². The van der Waals surface area contributed by atoms with E-state index in [0.717, 1.165) is 6.42 Å². The number of ether oxygens (including phenoxy) is 1. The first kappa shape index (κ1) is 15.5. The zero-order valence-corrected chi connectivity index (χ0v) is 13.9. The Balaban J connectivity index is 1.63. The Morgan fingerprint density at radius 3 is 2.50 bits per heavy atom. The number of nitrogens with one attached hydrogen (secondary N) is 1. The Bertz CT molecular complexity index is 747. The van der Waals surface area contributed by atoms with E-state index >= 15 is 0 Å². The number of anilines is 1. The van der Waals surface area contributed by atoms with Crippen molar-refractivity contribution in [2.45, 2.75) is 6.42 Å². The number of halogens is 1. The zero-order valence-electron chi connectivity index (χ0n) is 13.1. The van der Waals surface area contributed by atoms with Crippen molar-refractivity contribution in [3.05, 3.63) is 35.4 Å². The van der Waals surface area contributed by atoms with E-state index < -0.39 is 17.8 Å². The number of fused-ring (bicyclic) bond motifs is 1. The van der Waals surface area contributed by atoms with Crippen molar-refractivity contribution in [3.63, 3.8) is 0 Å². The molecular weight excluding hydrogens is 330 g/mol. The largest absolute Gasteiger partial charge is 0.495 e. The highest BCUT2D eigenvalue weighted by Crippen LogP contribution is 2.63. The van der Waals surface area contributed by atoms with E-state index in [9.17, 15) is 14.7 Å². The number of carboxylic acids is 1. The van der Waals surface area contributed by atoms with E-state index in [0.29, 0.717) is 28.3 Å². The normalized spacial score (nSPS) is 35.2. The number of carboxylic acid groups (broad SMARTS) is 1. The third-order valence-electron chi connectivity index (χ3n) is 5.66. The van der Waals surface area contributed by atoms with Crippen LogP contribution in [0.5, 0.6) is 5.75 Å². The lowest BCUT2D eigenvalue weighted by molar-refractivity contribution is -0.152. The van der Waals surface area contributed by atoms with Gasteiger partial charge in [-0.15, -0.1) is 0 Å². The van der Waals surface area contributed by atoms with Crippen molar-refractivity contribution in [3.8, 4) is 5.75 Å². The first-order valence-electron chi connectivity index (χ1n) is 8.07. The molecule has 5 nitrogen and oxygen atoms in total. The molecule has 0 aliphatic heterocycles. The van der Waals surface area contributed by atoms with Gasteiger partial charge in [0.25, 0.3) is 0 Å². The molecule has 4 aliphatic rings. The molecule has 1 aromatic carbocycles. The summed E-state index contributed by atoms with van der Waals surface area (Å²) in [5.74, 6) is -1.01. The summed E-state index contributed by atoms with van der Waals surface area (Å²) < 4.78 is 5.25. The maximum atomic E-state index is 12.9. The second-order valence-electron chi connectivity index (χ2n) is 6.83. The SMILES string of the molecule is COc1ccc(Cl)cc1NC(=O)[C@H]1[C@@H]2C=C[C@@H]([C@@H]3C[C@H]23)[C@@H]1C(=O)O. The third kappa shape index (κ3) is 2.30. The van der Waals surface area contributed by atoms with Crippen LogP contribution in [0.2, 0.25) is 5.02 Å². The van der Waals surface area contributed by atoms with Crippen LogP contribution in [-0.4, -0.2) is 24.1 Å². The zero-order chi connectivity index (χ0) is 17.0. The van der Waals surface area contributed by atoms with Gasteiger partial charge >= 0.3 is 5.97 Å². The van der Waals surface area contributed by atoms with E-state index in [4.69, 9.17) is 16.3 Å². The number of carbonyl (C=O) groups is 2. The standard InChI is InChI=1S/C18H18ClNO4/c1-24-14-5-2-8(19)6-13(14)20-17(21)15-9-3-4-10(12-7-11(9)12)16(15)18(22)23/h2-6,9-12,15-16H,7H2,1H3,(H,20,21)(H,22,23)/t9-,10+,11-,12+,15+,16+/m1/s1. The van der Waals surface area contributed by atoms with Crippen molar-refractivity contribution in [2.24, 2.45) is 35.5 Å². The molecule has 2 saturated carbocycles. The van der Waals surface area contributed by atoms with Gasteiger partial charge in [-0.1, -0.05) is 23.8 Å². The number of methoxy groups -OCH3 is 1. The smallest absolute Gasteiger partial charge is 0.307 e. The second kappa shape index (κ2) is 5.52. The van der Waals surface area contributed by atoms with E-state index in [2.05, 4.69) is 5.32 Å². The third-order valence-corrected chi connectivity index (χ3v) is 5.89. The van der Waals surface area contributed by atoms with Crippen LogP contribution in [-0.2, 0) is 9.59 Å². The molecule has 0 heterocycles.